The van der Waals surface area contributed by atoms with Crippen molar-refractivity contribution in [2.24, 2.45) is 0 Å². The van der Waals surface area contributed by atoms with Crippen LogP contribution in [0.4, 0.5) is 10.3 Å². The molecule has 3 aromatic rings. The van der Waals surface area contributed by atoms with Crippen LogP contribution in [0.2, 0.25) is 0 Å². The maximum Gasteiger partial charge on any atom is 0.254 e. The first-order chi connectivity index (χ1) is 17.1. The van der Waals surface area contributed by atoms with Gasteiger partial charge in [-0.1, -0.05) is 36.8 Å². The summed E-state index contributed by atoms with van der Waals surface area (Å²) in [6.07, 6.45) is 8.14. The Bertz CT molecular complexity index is 1180. The Kier molecular flexibility index (Phi) is 7.04. The molecule has 2 fully saturated rings. The van der Waals surface area contributed by atoms with Gasteiger partial charge >= 0.3 is 0 Å². The maximum atomic E-state index is 14.0. The number of piperidine rings is 2. The van der Waals surface area contributed by atoms with E-state index in [4.69, 9.17) is 5.73 Å². The van der Waals surface area contributed by atoms with Crippen molar-refractivity contribution in [2.75, 3.05) is 25.4 Å². The number of aromatic nitrogens is 2. The molecule has 0 spiro atoms. The lowest BCUT2D eigenvalue weighted by molar-refractivity contribution is 0.0604. The fourth-order valence-corrected chi connectivity index (χ4v) is 5.35. The summed E-state index contributed by atoms with van der Waals surface area (Å²) in [7, 11) is 0. The third kappa shape index (κ3) is 5.20. The van der Waals surface area contributed by atoms with Gasteiger partial charge in [-0.15, -0.1) is 0 Å². The first-order valence-corrected chi connectivity index (χ1v) is 12.6. The second kappa shape index (κ2) is 10.5. The lowest BCUT2D eigenvalue weighted by Crippen LogP contribution is -2.40. The predicted molar refractivity (Wildman–Crippen MR) is 135 cm³/mol. The highest BCUT2D eigenvalue weighted by Gasteiger charge is 2.33. The summed E-state index contributed by atoms with van der Waals surface area (Å²) in [5.74, 6) is -0.0923. The van der Waals surface area contributed by atoms with Gasteiger partial charge in [-0.2, -0.15) is 0 Å². The Hall–Kier alpha value is -3.32. The summed E-state index contributed by atoms with van der Waals surface area (Å²) in [4.78, 5) is 27.2. The summed E-state index contributed by atoms with van der Waals surface area (Å²) in [6.45, 7) is 3.61. The average Bonchev–Trinajstić information content (AvgIpc) is 2.90. The SMILES string of the molecule is Nc1ncc(-c2ccc(F)cc2)c(C2CCCCN2C(=O)c2ccccc2CN2CCCCC2)n1. The van der Waals surface area contributed by atoms with Gasteiger partial charge in [-0.3, -0.25) is 9.69 Å². The molecule has 5 rings (SSSR count). The molecule has 3 heterocycles. The van der Waals surface area contributed by atoms with Crippen LogP contribution in [-0.4, -0.2) is 45.3 Å². The van der Waals surface area contributed by atoms with Gasteiger partial charge in [0.05, 0.1) is 11.7 Å². The highest BCUT2D eigenvalue weighted by Crippen LogP contribution is 2.37. The molecule has 2 aliphatic rings. The van der Waals surface area contributed by atoms with Crippen molar-refractivity contribution in [2.45, 2.75) is 51.1 Å². The minimum absolute atomic E-state index is 0.0320. The van der Waals surface area contributed by atoms with Crippen LogP contribution in [0.25, 0.3) is 11.1 Å². The number of halogens is 1. The quantitative estimate of drug-likeness (QED) is 0.550. The van der Waals surface area contributed by atoms with Crippen molar-refractivity contribution in [3.8, 4) is 11.1 Å². The van der Waals surface area contributed by atoms with Crippen molar-refractivity contribution >= 4 is 11.9 Å². The third-order valence-electron chi connectivity index (χ3n) is 7.16. The van der Waals surface area contributed by atoms with E-state index in [0.29, 0.717) is 6.54 Å². The number of nitrogens with two attached hydrogens (primary N) is 1. The summed E-state index contributed by atoms with van der Waals surface area (Å²) >= 11 is 0. The third-order valence-corrected chi connectivity index (χ3v) is 7.16. The van der Waals surface area contributed by atoms with Crippen molar-refractivity contribution in [3.63, 3.8) is 0 Å². The molecule has 1 amide bonds. The number of hydrogen-bond donors (Lipinski definition) is 1. The van der Waals surface area contributed by atoms with Gasteiger partial charge in [0, 0.05) is 30.4 Å². The number of anilines is 1. The molecule has 0 radical (unpaired) electrons. The van der Waals surface area contributed by atoms with Gasteiger partial charge in [0.25, 0.3) is 5.91 Å². The molecule has 2 saturated heterocycles. The van der Waals surface area contributed by atoms with E-state index in [0.717, 1.165) is 66.8 Å². The molecule has 6 nitrogen and oxygen atoms in total. The lowest BCUT2D eigenvalue weighted by atomic mass is 9.92. The number of nitrogens with zero attached hydrogens (tertiary/aromatic N) is 4. The Morgan fingerprint density at radius 3 is 2.51 bits per heavy atom. The number of benzene rings is 2. The van der Waals surface area contributed by atoms with Gasteiger partial charge in [0.15, 0.2) is 0 Å². The number of carbonyl (C=O) groups is 1. The van der Waals surface area contributed by atoms with E-state index in [1.165, 1.54) is 31.4 Å². The summed E-state index contributed by atoms with van der Waals surface area (Å²) in [5, 5.41) is 0. The van der Waals surface area contributed by atoms with Crippen LogP contribution < -0.4 is 5.73 Å². The van der Waals surface area contributed by atoms with Crippen molar-refractivity contribution < 1.29 is 9.18 Å². The first-order valence-electron chi connectivity index (χ1n) is 12.6. The first kappa shape index (κ1) is 23.4. The molecule has 0 saturated carbocycles. The number of rotatable bonds is 5. The van der Waals surface area contributed by atoms with E-state index in [2.05, 4.69) is 20.9 Å². The fourth-order valence-electron chi connectivity index (χ4n) is 5.35. The summed E-state index contributed by atoms with van der Waals surface area (Å²) in [6, 6.07) is 14.1. The molecule has 0 bridgehead atoms. The molecule has 1 unspecified atom stereocenters. The minimum atomic E-state index is -0.300. The Labute approximate surface area is 206 Å². The molecule has 35 heavy (non-hydrogen) atoms. The van der Waals surface area contributed by atoms with E-state index >= 15 is 0 Å². The number of nitrogen functional groups attached to an aromatic ring is 1. The maximum absolute atomic E-state index is 14.0. The number of carbonyl (C=O) groups excluding carboxylic acids is 1. The number of hydrogen-bond acceptors (Lipinski definition) is 5. The molecular formula is C28H32FN5O. The Balaban J connectivity index is 1.48. The fraction of sp³-hybridized carbons (Fsp3) is 0.393. The minimum Gasteiger partial charge on any atom is -0.368 e. The van der Waals surface area contributed by atoms with E-state index in [9.17, 15) is 9.18 Å². The standard InChI is InChI=1S/C28H32FN5O/c29-22-13-11-20(12-14-22)24-18-31-28(30)32-26(24)25-10-4-7-17-34(25)27(35)23-9-3-2-8-21(23)19-33-15-5-1-6-16-33/h2-3,8-9,11-14,18,25H,1,4-7,10,15-17,19H2,(H2,30,31,32). The van der Waals surface area contributed by atoms with Gasteiger partial charge in [0.1, 0.15) is 5.82 Å². The predicted octanol–water partition coefficient (Wildman–Crippen LogP) is 5.22. The molecule has 1 aromatic heterocycles. The largest absolute Gasteiger partial charge is 0.368 e. The molecule has 1 atom stereocenters. The number of amides is 1. The zero-order valence-corrected chi connectivity index (χ0v) is 20.0. The second-order valence-corrected chi connectivity index (χ2v) is 9.54. The van der Waals surface area contributed by atoms with Crippen LogP contribution >= 0.6 is 0 Å². The van der Waals surface area contributed by atoms with E-state index in [-0.39, 0.29) is 23.7 Å². The normalized spacial score (nSPS) is 19.0. The van der Waals surface area contributed by atoms with Crippen LogP contribution in [0.15, 0.2) is 54.7 Å². The van der Waals surface area contributed by atoms with Crippen LogP contribution in [0, 0.1) is 5.82 Å². The van der Waals surface area contributed by atoms with E-state index < -0.39 is 0 Å². The van der Waals surface area contributed by atoms with Crippen LogP contribution in [0.1, 0.15) is 66.2 Å². The molecule has 182 valence electrons. The van der Waals surface area contributed by atoms with Crippen molar-refractivity contribution in [1.29, 1.82) is 0 Å². The van der Waals surface area contributed by atoms with Gasteiger partial charge < -0.3 is 10.6 Å². The smallest absolute Gasteiger partial charge is 0.254 e. The topological polar surface area (TPSA) is 75.3 Å². The molecule has 2 aromatic carbocycles. The van der Waals surface area contributed by atoms with Gasteiger partial charge in [-0.25, -0.2) is 14.4 Å². The lowest BCUT2D eigenvalue weighted by Gasteiger charge is -2.37. The van der Waals surface area contributed by atoms with Crippen LogP contribution in [-0.2, 0) is 6.54 Å². The highest BCUT2D eigenvalue weighted by molar-refractivity contribution is 5.96. The summed E-state index contributed by atoms with van der Waals surface area (Å²) < 4.78 is 13.6. The number of likely N-dealkylation sites (tertiary alicyclic amines) is 2. The van der Waals surface area contributed by atoms with E-state index in [1.54, 1.807) is 18.3 Å². The molecule has 2 aliphatic heterocycles. The highest BCUT2D eigenvalue weighted by atomic mass is 19.1. The molecule has 2 N–H and O–H groups in total. The zero-order valence-electron chi connectivity index (χ0n) is 20.0. The molecular weight excluding hydrogens is 441 g/mol. The zero-order chi connectivity index (χ0) is 24.2. The van der Waals surface area contributed by atoms with Crippen LogP contribution in [0.3, 0.4) is 0 Å². The monoisotopic (exact) mass is 473 g/mol. The Morgan fingerprint density at radius 2 is 1.71 bits per heavy atom. The average molecular weight is 474 g/mol. The van der Waals surface area contributed by atoms with Crippen LogP contribution in [0.5, 0.6) is 0 Å². The van der Waals surface area contributed by atoms with Gasteiger partial charge in [0.2, 0.25) is 5.95 Å². The van der Waals surface area contributed by atoms with Crippen molar-refractivity contribution in [3.05, 3.63) is 77.4 Å². The van der Waals surface area contributed by atoms with Gasteiger partial charge in [-0.05, 0) is 74.5 Å². The van der Waals surface area contributed by atoms with Crippen molar-refractivity contribution in [1.82, 2.24) is 19.8 Å². The molecule has 0 aliphatic carbocycles. The Morgan fingerprint density at radius 1 is 0.971 bits per heavy atom. The van der Waals surface area contributed by atoms with E-state index in [1.807, 2.05) is 23.1 Å². The second-order valence-electron chi connectivity index (χ2n) is 9.54. The summed E-state index contributed by atoms with van der Waals surface area (Å²) in [5.41, 5.74) is 10.2. The molecule has 7 heteroatoms.